The van der Waals surface area contributed by atoms with Gasteiger partial charge in [-0.1, -0.05) is 13.8 Å². The second kappa shape index (κ2) is 6.39. The molecule has 1 saturated heterocycles. The van der Waals surface area contributed by atoms with Gasteiger partial charge in [0.1, 0.15) is 5.65 Å². The van der Waals surface area contributed by atoms with Crippen molar-refractivity contribution in [3.63, 3.8) is 0 Å². The van der Waals surface area contributed by atoms with Gasteiger partial charge >= 0.3 is 6.18 Å². The number of nitrogens with zero attached hydrogens (tertiary/aromatic N) is 3. The Bertz CT molecular complexity index is 920. The van der Waals surface area contributed by atoms with E-state index in [1.54, 1.807) is 17.8 Å². The van der Waals surface area contributed by atoms with E-state index in [2.05, 4.69) is 4.98 Å². The Balaban J connectivity index is 1.81. The highest BCUT2D eigenvalue weighted by Crippen LogP contribution is 2.52. The number of amides is 1. The molecule has 1 saturated carbocycles. The molecule has 0 radical (unpaired) electrons. The number of rotatable bonds is 2. The van der Waals surface area contributed by atoms with Crippen molar-refractivity contribution in [1.29, 1.82) is 0 Å². The highest BCUT2D eigenvalue weighted by Gasteiger charge is 2.47. The Kier molecular flexibility index (Phi) is 4.35. The lowest BCUT2D eigenvalue weighted by Gasteiger charge is -2.39. The van der Waals surface area contributed by atoms with E-state index in [0.29, 0.717) is 24.3 Å². The first-order valence-electron chi connectivity index (χ1n) is 9.69. The van der Waals surface area contributed by atoms with Gasteiger partial charge in [0.15, 0.2) is 0 Å². The Morgan fingerprint density at radius 3 is 2.39 bits per heavy atom. The molecule has 28 heavy (non-hydrogen) atoms. The summed E-state index contributed by atoms with van der Waals surface area (Å²) in [7, 11) is 1.72. The molecule has 2 bridgehead atoms. The molecule has 2 aromatic heterocycles. The van der Waals surface area contributed by atoms with Crippen molar-refractivity contribution in [2.75, 3.05) is 18.8 Å². The third-order valence-electron chi connectivity index (χ3n) is 6.33. The Morgan fingerprint density at radius 1 is 1.25 bits per heavy atom. The lowest BCUT2D eigenvalue weighted by molar-refractivity contribution is -0.137. The van der Waals surface area contributed by atoms with Crippen LogP contribution in [0.25, 0.3) is 11.0 Å². The van der Waals surface area contributed by atoms with Crippen LogP contribution in [-0.4, -0.2) is 33.4 Å². The van der Waals surface area contributed by atoms with Crippen molar-refractivity contribution in [3.8, 4) is 0 Å². The number of likely N-dealkylation sites (tertiary alicyclic amines) is 1. The van der Waals surface area contributed by atoms with E-state index >= 15 is 0 Å². The van der Waals surface area contributed by atoms with Crippen molar-refractivity contribution >= 4 is 22.6 Å². The number of fused-ring (bicyclic) bond motifs is 3. The minimum Gasteiger partial charge on any atom is -0.397 e. The maximum absolute atomic E-state index is 13.8. The van der Waals surface area contributed by atoms with Gasteiger partial charge in [-0.2, -0.15) is 13.2 Å². The molecule has 152 valence electrons. The lowest BCUT2D eigenvalue weighted by Crippen LogP contribution is -2.45. The van der Waals surface area contributed by atoms with Gasteiger partial charge in [-0.05, 0) is 36.2 Å². The molecule has 0 aromatic carbocycles. The van der Waals surface area contributed by atoms with Gasteiger partial charge < -0.3 is 15.2 Å². The average Bonchev–Trinajstić information content (AvgIpc) is 3.05. The number of hydrogen-bond acceptors (Lipinski definition) is 3. The maximum atomic E-state index is 13.8. The molecule has 1 amide bonds. The molecular weight excluding hydrogens is 369 g/mol. The van der Waals surface area contributed by atoms with E-state index in [9.17, 15) is 18.0 Å². The summed E-state index contributed by atoms with van der Waals surface area (Å²) in [5.41, 5.74) is 5.57. The van der Waals surface area contributed by atoms with Crippen molar-refractivity contribution in [3.05, 3.63) is 23.5 Å². The lowest BCUT2D eigenvalue weighted by atomic mass is 9.79. The van der Waals surface area contributed by atoms with Crippen LogP contribution >= 0.6 is 0 Å². The fourth-order valence-electron chi connectivity index (χ4n) is 5.22. The number of piperidine rings is 1. The zero-order valence-corrected chi connectivity index (χ0v) is 16.3. The molecule has 1 aliphatic heterocycles. The number of pyridine rings is 1. The highest BCUT2D eigenvalue weighted by molar-refractivity contribution is 5.89. The molecule has 4 rings (SSSR count). The molecule has 2 aromatic rings. The van der Waals surface area contributed by atoms with Gasteiger partial charge in [0.05, 0.1) is 17.4 Å². The molecule has 2 fully saturated rings. The second-order valence-corrected chi connectivity index (χ2v) is 8.50. The standard InChI is InChI=1S/C20H25F3N4O/c1-10(2)19(28)27-7-11-4-5-12(8-27)15(11)13-9-26(3)18-16(13)17(20(21,22)23)14(24)6-25-18/h6,9-12,15H,4-5,7-8,24H2,1-3H3. The number of alkyl halides is 3. The first-order valence-corrected chi connectivity index (χ1v) is 9.69. The number of hydrogen-bond donors (Lipinski definition) is 1. The van der Waals surface area contributed by atoms with Crippen LogP contribution in [0.5, 0.6) is 0 Å². The van der Waals surface area contributed by atoms with Crippen LogP contribution in [0.2, 0.25) is 0 Å². The molecule has 0 spiro atoms. The van der Waals surface area contributed by atoms with Crippen LogP contribution in [0.1, 0.15) is 43.7 Å². The molecule has 2 atom stereocenters. The van der Waals surface area contributed by atoms with Crippen molar-refractivity contribution in [1.82, 2.24) is 14.5 Å². The average molecular weight is 394 g/mol. The highest BCUT2D eigenvalue weighted by atomic mass is 19.4. The fraction of sp³-hybridized carbons (Fsp3) is 0.600. The molecule has 1 aliphatic carbocycles. The zero-order chi connectivity index (χ0) is 20.4. The summed E-state index contributed by atoms with van der Waals surface area (Å²) in [5, 5.41) is 0.125. The van der Waals surface area contributed by atoms with Crippen molar-refractivity contribution < 1.29 is 18.0 Å². The first kappa shape index (κ1) is 19.1. The molecule has 2 aliphatic rings. The Hall–Kier alpha value is -2.25. The van der Waals surface area contributed by atoms with Gasteiger partial charge in [-0.25, -0.2) is 4.98 Å². The van der Waals surface area contributed by atoms with E-state index in [1.807, 2.05) is 18.7 Å². The van der Waals surface area contributed by atoms with Crippen LogP contribution in [0, 0.1) is 17.8 Å². The largest absolute Gasteiger partial charge is 0.419 e. The molecule has 2 unspecified atom stereocenters. The topological polar surface area (TPSA) is 64.2 Å². The minimum absolute atomic E-state index is 0.00962. The van der Waals surface area contributed by atoms with Gasteiger partial charge in [-0.3, -0.25) is 4.79 Å². The monoisotopic (exact) mass is 394 g/mol. The summed E-state index contributed by atoms with van der Waals surface area (Å²) in [4.78, 5) is 18.5. The Labute approximate surface area is 161 Å². The summed E-state index contributed by atoms with van der Waals surface area (Å²) >= 11 is 0. The second-order valence-electron chi connectivity index (χ2n) is 8.50. The predicted octanol–water partition coefficient (Wildman–Crippen LogP) is 3.78. The van der Waals surface area contributed by atoms with Crippen LogP contribution in [0.15, 0.2) is 12.4 Å². The van der Waals surface area contributed by atoms with Gasteiger partial charge in [-0.15, -0.1) is 0 Å². The maximum Gasteiger partial charge on any atom is 0.419 e. The zero-order valence-electron chi connectivity index (χ0n) is 16.3. The van der Waals surface area contributed by atoms with Gasteiger partial charge in [0.2, 0.25) is 5.91 Å². The summed E-state index contributed by atoms with van der Waals surface area (Å²) < 4.78 is 43.2. The molecular formula is C20H25F3N4O. The van der Waals surface area contributed by atoms with E-state index < -0.39 is 11.7 Å². The number of carbonyl (C=O) groups excluding carboxylic acids is 1. The number of nitrogen functional groups attached to an aromatic ring is 1. The van der Waals surface area contributed by atoms with Crippen LogP contribution in [0.4, 0.5) is 18.9 Å². The van der Waals surface area contributed by atoms with Crippen molar-refractivity contribution in [2.45, 2.75) is 38.8 Å². The number of nitrogens with two attached hydrogens (primary N) is 1. The van der Waals surface area contributed by atoms with E-state index in [0.717, 1.165) is 19.0 Å². The predicted molar refractivity (Wildman–Crippen MR) is 101 cm³/mol. The summed E-state index contributed by atoms with van der Waals surface area (Å²) in [6.45, 7) is 4.97. The molecule has 5 nitrogen and oxygen atoms in total. The van der Waals surface area contributed by atoms with Crippen LogP contribution < -0.4 is 5.73 Å². The van der Waals surface area contributed by atoms with Crippen LogP contribution in [0.3, 0.4) is 0 Å². The quantitative estimate of drug-likeness (QED) is 0.843. The molecule has 2 N–H and O–H groups in total. The number of carbonyl (C=O) groups is 1. The fourth-order valence-corrected chi connectivity index (χ4v) is 5.22. The molecule has 3 heterocycles. The van der Waals surface area contributed by atoms with Crippen LogP contribution in [-0.2, 0) is 18.0 Å². The van der Waals surface area contributed by atoms with Gasteiger partial charge in [0.25, 0.3) is 0 Å². The number of aromatic nitrogens is 2. The third-order valence-corrected chi connectivity index (χ3v) is 6.33. The van der Waals surface area contributed by atoms with Crippen molar-refractivity contribution in [2.24, 2.45) is 24.8 Å². The number of aryl methyl sites for hydroxylation is 1. The van der Waals surface area contributed by atoms with Gasteiger partial charge in [0, 0.05) is 37.6 Å². The molecule has 8 heteroatoms. The minimum atomic E-state index is -4.55. The SMILES string of the molecule is CC(C)C(=O)N1CC2CCC(C1)C2c1cn(C)c2ncc(N)c(C(F)(F)F)c12. The third kappa shape index (κ3) is 2.84. The summed E-state index contributed by atoms with van der Waals surface area (Å²) in [6.07, 6.45) is 0.166. The number of halogens is 3. The smallest absolute Gasteiger partial charge is 0.397 e. The van der Waals surface area contributed by atoms with E-state index in [4.69, 9.17) is 5.73 Å². The normalized spacial score (nSPS) is 25.1. The van der Waals surface area contributed by atoms with E-state index in [-0.39, 0.29) is 40.7 Å². The summed E-state index contributed by atoms with van der Waals surface area (Å²) in [5.74, 6) is 0.359. The van der Waals surface area contributed by atoms with E-state index in [1.165, 1.54) is 0 Å². The summed E-state index contributed by atoms with van der Waals surface area (Å²) in [6, 6.07) is 0. The Morgan fingerprint density at radius 2 is 1.86 bits per heavy atom. The number of anilines is 1. The first-order chi connectivity index (χ1) is 13.1.